The van der Waals surface area contributed by atoms with Gasteiger partial charge in [0.2, 0.25) is 5.91 Å². The first kappa shape index (κ1) is 15.4. The summed E-state index contributed by atoms with van der Waals surface area (Å²) < 4.78 is 5.53. The molecule has 0 aliphatic heterocycles. The fourth-order valence-corrected chi connectivity index (χ4v) is 2.25. The summed E-state index contributed by atoms with van der Waals surface area (Å²) in [5, 5.41) is 3.54. The second-order valence-corrected chi connectivity index (χ2v) is 5.06. The Morgan fingerprint density at radius 1 is 1.19 bits per heavy atom. The van der Waals surface area contributed by atoms with E-state index in [-0.39, 0.29) is 5.91 Å². The Bertz CT molecular complexity index is 613. The molecule has 110 valence electrons. The highest BCUT2D eigenvalue weighted by Crippen LogP contribution is 2.17. The Morgan fingerprint density at radius 3 is 2.76 bits per heavy atom. The molecule has 2 rings (SSSR count). The van der Waals surface area contributed by atoms with E-state index in [1.807, 2.05) is 43.3 Å². The van der Waals surface area contributed by atoms with Crippen molar-refractivity contribution in [1.82, 2.24) is 5.32 Å². The Balaban J connectivity index is 1.92. The van der Waals surface area contributed by atoms with Crippen molar-refractivity contribution in [2.45, 2.75) is 19.9 Å². The smallest absolute Gasteiger partial charge is 0.224 e. The molecule has 0 saturated heterocycles. The van der Waals surface area contributed by atoms with Crippen LogP contribution in [0.15, 0.2) is 48.5 Å². The van der Waals surface area contributed by atoms with E-state index in [0.717, 1.165) is 16.9 Å². The van der Waals surface area contributed by atoms with Gasteiger partial charge >= 0.3 is 0 Å². The minimum atomic E-state index is -0.0384. The maximum atomic E-state index is 12.0. The molecule has 2 aromatic rings. The fraction of sp³-hybridized carbons (Fsp3) is 0.235. The van der Waals surface area contributed by atoms with Crippen LogP contribution in [0.3, 0.4) is 0 Å². The van der Waals surface area contributed by atoms with Crippen LogP contribution >= 0.6 is 11.6 Å². The summed E-state index contributed by atoms with van der Waals surface area (Å²) in [5.74, 6) is 0.770. The second-order valence-electron chi connectivity index (χ2n) is 4.62. The molecule has 0 aliphatic carbocycles. The maximum absolute atomic E-state index is 12.0. The van der Waals surface area contributed by atoms with Crippen LogP contribution < -0.4 is 10.1 Å². The van der Waals surface area contributed by atoms with Gasteiger partial charge in [-0.05, 0) is 30.7 Å². The predicted molar refractivity (Wildman–Crippen MR) is 84.6 cm³/mol. The summed E-state index contributed by atoms with van der Waals surface area (Å²) in [6, 6.07) is 15.0. The molecule has 0 bridgehead atoms. The third kappa shape index (κ3) is 4.80. The van der Waals surface area contributed by atoms with Crippen LogP contribution in [0, 0.1) is 0 Å². The second kappa shape index (κ2) is 7.70. The molecule has 2 aromatic carbocycles. The van der Waals surface area contributed by atoms with Crippen LogP contribution in [-0.2, 0) is 17.8 Å². The third-order valence-corrected chi connectivity index (χ3v) is 3.24. The first-order chi connectivity index (χ1) is 10.2. The van der Waals surface area contributed by atoms with E-state index in [0.29, 0.717) is 24.6 Å². The van der Waals surface area contributed by atoms with E-state index < -0.39 is 0 Å². The largest absolute Gasteiger partial charge is 0.494 e. The van der Waals surface area contributed by atoms with Crippen LogP contribution in [0.5, 0.6) is 5.75 Å². The highest BCUT2D eigenvalue weighted by atomic mass is 35.5. The quantitative estimate of drug-likeness (QED) is 0.885. The highest BCUT2D eigenvalue weighted by Gasteiger charge is 2.06. The molecule has 0 spiro atoms. The number of nitrogens with one attached hydrogen (secondary N) is 1. The monoisotopic (exact) mass is 303 g/mol. The topological polar surface area (TPSA) is 38.3 Å². The minimum absolute atomic E-state index is 0.0384. The molecular weight excluding hydrogens is 286 g/mol. The van der Waals surface area contributed by atoms with E-state index in [1.165, 1.54) is 0 Å². The van der Waals surface area contributed by atoms with Crippen molar-refractivity contribution < 1.29 is 9.53 Å². The van der Waals surface area contributed by atoms with Gasteiger partial charge in [0, 0.05) is 17.1 Å². The molecule has 0 aliphatic rings. The van der Waals surface area contributed by atoms with Gasteiger partial charge in [-0.1, -0.05) is 41.9 Å². The number of rotatable bonds is 6. The molecule has 1 amide bonds. The molecule has 0 aromatic heterocycles. The van der Waals surface area contributed by atoms with E-state index in [2.05, 4.69) is 5.32 Å². The molecule has 1 N–H and O–H groups in total. The molecule has 0 radical (unpaired) electrons. The van der Waals surface area contributed by atoms with Gasteiger partial charge in [-0.3, -0.25) is 4.79 Å². The van der Waals surface area contributed by atoms with Gasteiger partial charge in [-0.25, -0.2) is 0 Å². The standard InChI is InChI=1S/C17H18ClNO2/c1-2-21-16-9-4-3-7-14(16)12-19-17(20)11-13-6-5-8-15(18)10-13/h3-10H,2,11-12H2,1H3,(H,19,20). The van der Waals surface area contributed by atoms with Crippen molar-refractivity contribution in [1.29, 1.82) is 0 Å². The summed E-state index contributed by atoms with van der Waals surface area (Å²) >= 11 is 5.91. The van der Waals surface area contributed by atoms with Crippen molar-refractivity contribution in [3.8, 4) is 5.75 Å². The van der Waals surface area contributed by atoms with Crippen LogP contribution in [-0.4, -0.2) is 12.5 Å². The van der Waals surface area contributed by atoms with E-state index in [4.69, 9.17) is 16.3 Å². The maximum Gasteiger partial charge on any atom is 0.224 e. The van der Waals surface area contributed by atoms with Gasteiger partial charge in [-0.2, -0.15) is 0 Å². The molecule has 0 unspecified atom stereocenters. The Labute approximate surface area is 129 Å². The molecule has 0 heterocycles. The minimum Gasteiger partial charge on any atom is -0.494 e. The van der Waals surface area contributed by atoms with Gasteiger partial charge in [0.15, 0.2) is 0 Å². The fourth-order valence-electron chi connectivity index (χ4n) is 2.03. The Kier molecular flexibility index (Phi) is 5.64. The lowest BCUT2D eigenvalue weighted by Crippen LogP contribution is -2.24. The van der Waals surface area contributed by atoms with Crippen LogP contribution in [0.2, 0.25) is 5.02 Å². The van der Waals surface area contributed by atoms with Crippen LogP contribution in [0.1, 0.15) is 18.1 Å². The number of hydrogen-bond acceptors (Lipinski definition) is 2. The van der Waals surface area contributed by atoms with Gasteiger partial charge in [0.25, 0.3) is 0 Å². The normalized spacial score (nSPS) is 10.2. The molecule has 0 atom stereocenters. The van der Waals surface area contributed by atoms with Gasteiger partial charge < -0.3 is 10.1 Å². The van der Waals surface area contributed by atoms with Crippen molar-refractivity contribution >= 4 is 17.5 Å². The number of para-hydroxylation sites is 1. The van der Waals surface area contributed by atoms with Crippen molar-refractivity contribution in [3.63, 3.8) is 0 Å². The number of carbonyl (C=O) groups excluding carboxylic acids is 1. The van der Waals surface area contributed by atoms with Gasteiger partial charge in [0.05, 0.1) is 13.0 Å². The number of amides is 1. The summed E-state index contributed by atoms with van der Waals surface area (Å²) in [7, 11) is 0. The molecule has 0 fully saturated rings. The van der Waals surface area contributed by atoms with E-state index >= 15 is 0 Å². The number of hydrogen-bond donors (Lipinski definition) is 1. The number of carbonyl (C=O) groups is 1. The molecule has 3 nitrogen and oxygen atoms in total. The molecule has 0 saturated carbocycles. The molecule has 21 heavy (non-hydrogen) atoms. The average molecular weight is 304 g/mol. The van der Waals surface area contributed by atoms with E-state index in [9.17, 15) is 4.79 Å². The SMILES string of the molecule is CCOc1ccccc1CNC(=O)Cc1cccc(Cl)c1. The first-order valence-electron chi connectivity index (χ1n) is 6.91. The van der Waals surface area contributed by atoms with Crippen LogP contribution in [0.4, 0.5) is 0 Å². The summed E-state index contributed by atoms with van der Waals surface area (Å²) in [6.45, 7) is 3.00. The summed E-state index contributed by atoms with van der Waals surface area (Å²) in [6.07, 6.45) is 0.317. The highest BCUT2D eigenvalue weighted by molar-refractivity contribution is 6.30. The molecule has 4 heteroatoms. The summed E-state index contributed by atoms with van der Waals surface area (Å²) in [4.78, 5) is 12.0. The average Bonchev–Trinajstić information content (AvgIpc) is 2.47. The lowest BCUT2D eigenvalue weighted by Gasteiger charge is -2.11. The number of halogens is 1. The zero-order valence-corrected chi connectivity index (χ0v) is 12.7. The van der Waals surface area contributed by atoms with Crippen molar-refractivity contribution in [2.24, 2.45) is 0 Å². The van der Waals surface area contributed by atoms with Gasteiger partial charge in [0.1, 0.15) is 5.75 Å². The van der Waals surface area contributed by atoms with Gasteiger partial charge in [-0.15, -0.1) is 0 Å². The van der Waals surface area contributed by atoms with E-state index in [1.54, 1.807) is 12.1 Å². The molecular formula is C17H18ClNO2. The van der Waals surface area contributed by atoms with Crippen molar-refractivity contribution in [2.75, 3.05) is 6.61 Å². The zero-order valence-electron chi connectivity index (χ0n) is 11.9. The van der Waals surface area contributed by atoms with Crippen LogP contribution in [0.25, 0.3) is 0 Å². The zero-order chi connectivity index (χ0) is 15.1. The Hall–Kier alpha value is -2.00. The number of ether oxygens (including phenoxy) is 1. The summed E-state index contributed by atoms with van der Waals surface area (Å²) in [5.41, 5.74) is 1.87. The Morgan fingerprint density at radius 2 is 2.00 bits per heavy atom. The lowest BCUT2D eigenvalue weighted by molar-refractivity contribution is -0.120. The third-order valence-electron chi connectivity index (χ3n) is 3.00. The lowest BCUT2D eigenvalue weighted by atomic mass is 10.1. The predicted octanol–water partition coefficient (Wildman–Crippen LogP) is 3.60. The van der Waals surface area contributed by atoms with Crippen molar-refractivity contribution in [3.05, 3.63) is 64.7 Å². The number of benzene rings is 2. The first-order valence-corrected chi connectivity index (χ1v) is 7.28.